The quantitative estimate of drug-likeness (QED) is 0.835. The first-order chi connectivity index (χ1) is 8.15. The van der Waals surface area contributed by atoms with Crippen LogP contribution in [0.1, 0.15) is 11.3 Å². The van der Waals surface area contributed by atoms with E-state index >= 15 is 0 Å². The molecular weight excluding hydrogens is 302 g/mol. The van der Waals surface area contributed by atoms with E-state index in [0.29, 0.717) is 0 Å². The highest BCUT2D eigenvalue weighted by molar-refractivity contribution is 9.10. The lowest BCUT2D eigenvalue weighted by Gasteiger charge is -2.16. The van der Waals surface area contributed by atoms with Gasteiger partial charge in [-0.2, -0.15) is 0 Å². The normalized spacial score (nSPS) is 11.1. The Labute approximate surface area is 114 Å². The van der Waals surface area contributed by atoms with Crippen molar-refractivity contribution >= 4 is 27.5 Å². The zero-order valence-corrected chi connectivity index (χ0v) is 11.8. The summed E-state index contributed by atoms with van der Waals surface area (Å²) in [6.07, 6.45) is 1.69. The Hall–Kier alpha value is -0.770. The molecule has 90 valence electrons. The molecule has 2 rings (SSSR count). The summed E-state index contributed by atoms with van der Waals surface area (Å²) >= 11 is 9.57. The number of halogens is 2. The van der Waals surface area contributed by atoms with E-state index in [1.54, 1.807) is 6.26 Å². The lowest BCUT2D eigenvalue weighted by atomic mass is 10.2. The lowest BCUT2D eigenvalue weighted by molar-refractivity contribution is 0.288. The fraction of sp³-hybridized carbons (Fsp3) is 0.231. The first-order valence-electron chi connectivity index (χ1n) is 5.30. The van der Waals surface area contributed by atoms with Crippen LogP contribution in [-0.4, -0.2) is 11.9 Å². The van der Waals surface area contributed by atoms with E-state index in [0.717, 1.165) is 33.9 Å². The summed E-state index contributed by atoms with van der Waals surface area (Å²) in [5, 5.41) is 0.783. The highest BCUT2D eigenvalue weighted by Gasteiger charge is 2.06. The molecule has 0 aliphatic carbocycles. The molecule has 0 radical (unpaired) electrons. The molecule has 0 aliphatic rings. The SMILES string of the molecule is CN(Cc1ccco1)Cc1ccc(Br)cc1Cl. The van der Waals surface area contributed by atoms with Gasteiger partial charge in [-0.25, -0.2) is 0 Å². The van der Waals surface area contributed by atoms with Gasteiger partial charge in [-0.3, -0.25) is 4.90 Å². The van der Waals surface area contributed by atoms with Crippen LogP contribution in [0.5, 0.6) is 0 Å². The molecule has 2 aromatic rings. The minimum atomic E-state index is 0.777. The summed E-state index contributed by atoms with van der Waals surface area (Å²) in [6.45, 7) is 1.58. The van der Waals surface area contributed by atoms with Crippen molar-refractivity contribution in [3.8, 4) is 0 Å². The van der Waals surface area contributed by atoms with Gasteiger partial charge in [0, 0.05) is 16.0 Å². The second kappa shape index (κ2) is 5.71. The molecule has 17 heavy (non-hydrogen) atoms. The van der Waals surface area contributed by atoms with E-state index in [1.807, 2.05) is 37.4 Å². The Kier molecular flexibility index (Phi) is 4.26. The van der Waals surface area contributed by atoms with Gasteiger partial charge in [0.1, 0.15) is 5.76 Å². The number of hydrogen-bond acceptors (Lipinski definition) is 2. The maximum Gasteiger partial charge on any atom is 0.117 e. The second-order valence-electron chi connectivity index (χ2n) is 3.99. The topological polar surface area (TPSA) is 16.4 Å². The molecule has 4 heteroatoms. The lowest BCUT2D eigenvalue weighted by Crippen LogP contribution is -2.17. The van der Waals surface area contributed by atoms with Crippen molar-refractivity contribution in [3.63, 3.8) is 0 Å². The van der Waals surface area contributed by atoms with Crippen LogP contribution < -0.4 is 0 Å². The van der Waals surface area contributed by atoms with Crippen LogP contribution in [0, 0.1) is 0 Å². The standard InChI is InChI=1S/C13H13BrClNO/c1-16(9-12-3-2-6-17-12)8-10-4-5-11(14)7-13(10)15/h2-7H,8-9H2,1H3. The van der Waals surface area contributed by atoms with Crippen LogP contribution >= 0.6 is 27.5 Å². The predicted octanol–water partition coefficient (Wildman–Crippen LogP) is 4.33. The van der Waals surface area contributed by atoms with Gasteiger partial charge in [-0.05, 0) is 36.9 Å². The molecule has 0 unspecified atom stereocenters. The Balaban J connectivity index is 2.00. The zero-order chi connectivity index (χ0) is 12.3. The van der Waals surface area contributed by atoms with Gasteiger partial charge in [-0.1, -0.05) is 33.6 Å². The maximum absolute atomic E-state index is 6.18. The average molecular weight is 315 g/mol. The molecule has 0 saturated heterocycles. The Morgan fingerprint density at radius 1 is 1.29 bits per heavy atom. The number of hydrogen-bond donors (Lipinski definition) is 0. The van der Waals surface area contributed by atoms with Gasteiger partial charge < -0.3 is 4.42 Å². The summed E-state index contributed by atoms with van der Waals surface area (Å²) in [4.78, 5) is 2.16. The number of benzene rings is 1. The molecule has 0 atom stereocenters. The van der Waals surface area contributed by atoms with E-state index < -0.39 is 0 Å². The van der Waals surface area contributed by atoms with E-state index in [2.05, 4.69) is 20.8 Å². The van der Waals surface area contributed by atoms with Crippen molar-refractivity contribution in [2.75, 3.05) is 7.05 Å². The second-order valence-corrected chi connectivity index (χ2v) is 5.31. The zero-order valence-electron chi connectivity index (χ0n) is 9.49. The summed E-state index contributed by atoms with van der Waals surface area (Å²) in [5.41, 5.74) is 1.11. The first kappa shape index (κ1) is 12.7. The Morgan fingerprint density at radius 2 is 2.12 bits per heavy atom. The number of furan rings is 1. The number of nitrogens with zero attached hydrogens (tertiary/aromatic N) is 1. The third kappa shape index (κ3) is 3.60. The van der Waals surface area contributed by atoms with E-state index in [4.69, 9.17) is 16.0 Å². The molecule has 0 N–H and O–H groups in total. The van der Waals surface area contributed by atoms with E-state index in [9.17, 15) is 0 Å². The summed E-state index contributed by atoms with van der Waals surface area (Å²) in [7, 11) is 2.04. The van der Waals surface area contributed by atoms with Crippen molar-refractivity contribution in [2.24, 2.45) is 0 Å². The predicted molar refractivity (Wildman–Crippen MR) is 73.0 cm³/mol. The minimum absolute atomic E-state index is 0.777. The molecule has 0 fully saturated rings. The summed E-state index contributed by atoms with van der Waals surface area (Å²) in [5.74, 6) is 0.959. The van der Waals surface area contributed by atoms with Crippen LogP contribution in [0.25, 0.3) is 0 Å². The highest BCUT2D eigenvalue weighted by Crippen LogP contribution is 2.22. The van der Waals surface area contributed by atoms with Crippen molar-refractivity contribution in [1.82, 2.24) is 4.90 Å². The number of rotatable bonds is 4. The third-order valence-electron chi connectivity index (χ3n) is 2.46. The molecule has 0 saturated carbocycles. The summed E-state index contributed by atoms with van der Waals surface area (Å²) in [6, 6.07) is 9.82. The van der Waals surface area contributed by atoms with Gasteiger partial charge in [0.15, 0.2) is 0 Å². The van der Waals surface area contributed by atoms with Crippen molar-refractivity contribution in [2.45, 2.75) is 13.1 Å². The van der Waals surface area contributed by atoms with Crippen LogP contribution in [0.4, 0.5) is 0 Å². The van der Waals surface area contributed by atoms with Crippen molar-refractivity contribution < 1.29 is 4.42 Å². The molecule has 0 bridgehead atoms. The molecule has 1 aromatic carbocycles. The van der Waals surface area contributed by atoms with Gasteiger partial charge in [0.2, 0.25) is 0 Å². The molecule has 2 nitrogen and oxygen atoms in total. The monoisotopic (exact) mass is 313 g/mol. The van der Waals surface area contributed by atoms with Crippen LogP contribution in [0.3, 0.4) is 0 Å². The Morgan fingerprint density at radius 3 is 2.76 bits per heavy atom. The fourth-order valence-corrected chi connectivity index (χ4v) is 2.40. The van der Waals surface area contributed by atoms with Crippen LogP contribution in [0.2, 0.25) is 5.02 Å². The third-order valence-corrected chi connectivity index (χ3v) is 3.31. The van der Waals surface area contributed by atoms with E-state index in [1.165, 1.54) is 0 Å². The maximum atomic E-state index is 6.18. The molecule has 0 aliphatic heterocycles. The van der Waals surface area contributed by atoms with Crippen molar-refractivity contribution in [3.05, 3.63) is 57.4 Å². The van der Waals surface area contributed by atoms with Crippen molar-refractivity contribution in [1.29, 1.82) is 0 Å². The smallest absolute Gasteiger partial charge is 0.117 e. The Bertz CT molecular complexity index is 484. The minimum Gasteiger partial charge on any atom is -0.468 e. The van der Waals surface area contributed by atoms with E-state index in [-0.39, 0.29) is 0 Å². The molecule has 1 heterocycles. The first-order valence-corrected chi connectivity index (χ1v) is 6.47. The van der Waals surface area contributed by atoms with Gasteiger partial charge >= 0.3 is 0 Å². The molecule has 1 aromatic heterocycles. The largest absolute Gasteiger partial charge is 0.468 e. The molecular formula is C13H13BrClNO. The molecule has 0 spiro atoms. The van der Waals surface area contributed by atoms with Crippen LogP contribution in [-0.2, 0) is 13.1 Å². The summed E-state index contributed by atoms with van der Waals surface area (Å²) < 4.78 is 6.31. The van der Waals surface area contributed by atoms with Gasteiger partial charge in [-0.15, -0.1) is 0 Å². The van der Waals surface area contributed by atoms with Gasteiger partial charge in [0.05, 0.1) is 12.8 Å². The highest BCUT2D eigenvalue weighted by atomic mass is 79.9. The van der Waals surface area contributed by atoms with Gasteiger partial charge in [0.25, 0.3) is 0 Å². The van der Waals surface area contributed by atoms with Crippen LogP contribution in [0.15, 0.2) is 45.5 Å². The fourth-order valence-electron chi connectivity index (χ4n) is 1.67. The molecule has 0 amide bonds. The average Bonchev–Trinajstić information content (AvgIpc) is 2.75.